The summed E-state index contributed by atoms with van der Waals surface area (Å²) in [6.45, 7) is 5.58. The predicted molar refractivity (Wildman–Crippen MR) is 113 cm³/mol. The van der Waals surface area contributed by atoms with E-state index in [4.69, 9.17) is 0 Å². The van der Waals surface area contributed by atoms with Gasteiger partial charge in [-0.15, -0.1) is 17.0 Å². The monoisotopic (exact) mass is 420 g/mol. The largest absolute Gasteiger partial charge is 0.369 e. The van der Waals surface area contributed by atoms with Gasteiger partial charge in [0.15, 0.2) is 10.9 Å². The standard InChI is InChI=1S/C20H24N2OS.BrH/c1-3-21-19-22(4-2)20(23,15-24-19)18(16-11-7-5-8-12-16)17-13-9-6-10-14-17;/h5-14,18,23H,3-4,15H2,1-2H3;1H/b21-19+;. The summed E-state index contributed by atoms with van der Waals surface area (Å²) >= 11 is 1.65. The molecule has 0 spiro atoms. The highest BCUT2D eigenvalue weighted by Crippen LogP contribution is 2.44. The number of nitrogens with zero attached hydrogens (tertiary/aromatic N) is 2. The van der Waals surface area contributed by atoms with Gasteiger partial charge in [0.05, 0.1) is 5.92 Å². The zero-order valence-electron chi connectivity index (χ0n) is 14.6. The summed E-state index contributed by atoms with van der Waals surface area (Å²) < 4.78 is 0. The average Bonchev–Trinajstić information content (AvgIpc) is 2.93. The maximum Gasteiger partial charge on any atom is 0.161 e. The third-order valence-electron chi connectivity index (χ3n) is 4.45. The number of aliphatic imine (C=N–C) groups is 1. The summed E-state index contributed by atoms with van der Waals surface area (Å²) in [5, 5.41) is 12.7. The molecule has 2 aromatic carbocycles. The van der Waals surface area contributed by atoms with Gasteiger partial charge in [0.1, 0.15) is 0 Å². The Morgan fingerprint density at radius 2 is 1.56 bits per heavy atom. The lowest BCUT2D eigenvalue weighted by Gasteiger charge is -2.40. The molecule has 134 valence electrons. The van der Waals surface area contributed by atoms with E-state index in [2.05, 4.69) is 41.1 Å². The van der Waals surface area contributed by atoms with E-state index < -0.39 is 5.72 Å². The summed E-state index contributed by atoms with van der Waals surface area (Å²) in [6, 6.07) is 20.6. The molecule has 1 fully saturated rings. The van der Waals surface area contributed by atoms with E-state index in [0.717, 1.165) is 29.4 Å². The van der Waals surface area contributed by atoms with Gasteiger partial charge in [-0.25, -0.2) is 0 Å². The van der Waals surface area contributed by atoms with Crippen LogP contribution in [0.5, 0.6) is 0 Å². The molecule has 0 aromatic heterocycles. The number of thioether (sulfide) groups is 1. The van der Waals surface area contributed by atoms with Crippen LogP contribution in [0.25, 0.3) is 0 Å². The lowest BCUT2D eigenvalue weighted by atomic mass is 9.82. The molecule has 0 saturated carbocycles. The van der Waals surface area contributed by atoms with E-state index >= 15 is 0 Å². The first-order valence-corrected chi connectivity index (χ1v) is 9.46. The van der Waals surface area contributed by atoms with Crippen molar-refractivity contribution < 1.29 is 5.11 Å². The molecule has 3 nitrogen and oxygen atoms in total. The lowest BCUT2D eigenvalue weighted by molar-refractivity contribution is -0.0532. The van der Waals surface area contributed by atoms with Gasteiger partial charge in [-0.1, -0.05) is 72.4 Å². The minimum Gasteiger partial charge on any atom is -0.369 e. The number of hydrogen-bond donors (Lipinski definition) is 1. The van der Waals surface area contributed by atoms with Crippen LogP contribution in [0.4, 0.5) is 0 Å². The third kappa shape index (κ3) is 3.94. The summed E-state index contributed by atoms with van der Waals surface area (Å²) in [5.74, 6) is 0.505. The minimum atomic E-state index is -0.976. The van der Waals surface area contributed by atoms with Crippen molar-refractivity contribution in [3.63, 3.8) is 0 Å². The number of hydrogen-bond acceptors (Lipinski definition) is 3. The molecule has 25 heavy (non-hydrogen) atoms. The van der Waals surface area contributed by atoms with Crippen LogP contribution in [0.1, 0.15) is 30.9 Å². The third-order valence-corrected chi connectivity index (χ3v) is 5.63. The Bertz CT molecular complexity index is 656. The number of amidine groups is 1. The Morgan fingerprint density at radius 1 is 1.04 bits per heavy atom. The zero-order chi connectivity index (χ0) is 17.0. The Kier molecular flexibility index (Phi) is 7.11. The van der Waals surface area contributed by atoms with Crippen molar-refractivity contribution in [2.75, 3.05) is 18.8 Å². The van der Waals surface area contributed by atoms with Crippen LogP contribution in [0.2, 0.25) is 0 Å². The fourth-order valence-corrected chi connectivity index (χ4v) is 4.75. The van der Waals surface area contributed by atoms with Crippen LogP contribution in [-0.2, 0) is 0 Å². The first kappa shape index (κ1) is 20.0. The highest BCUT2D eigenvalue weighted by Gasteiger charge is 2.49. The van der Waals surface area contributed by atoms with Gasteiger partial charge in [0, 0.05) is 18.8 Å². The van der Waals surface area contributed by atoms with Crippen LogP contribution < -0.4 is 0 Å². The SMILES string of the molecule is Br.CC/N=C1/SCC(O)(C(c2ccccc2)c2ccccc2)N1CC. The summed E-state index contributed by atoms with van der Waals surface area (Å²) in [4.78, 5) is 6.65. The molecule has 0 amide bonds. The van der Waals surface area contributed by atoms with Gasteiger partial charge >= 0.3 is 0 Å². The maximum atomic E-state index is 11.7. The topological polar surface area (TPSA) is 35.8 Å². The zero-order valence-corrected chi connectivity index (χ0v) is 17.2. The second kappa shape index (κ2) is 8.88. The van der Waals surface area contributed by atoms with Gasteiger partial charge in [-0.05, 0) is 25.0 Å². The van der Waals surface area contributed by atoms with Crippen molar-refractivity contribution in [3.8, 4) is 0 Å². The smallest absolute Gasteiger partial charge is 0.161 e. The number of halogens is 1. The molecule has 0 aliphatic carbocycles. The summed E-state index contributed by atoms with van der Waals surface area (Å²) in [7, 11) is 0. The Balaban J connectivity index is 0.00000225. The Labute approximate surface area is 164 Å². The van der Waals surface area contributed by atoms with E-state index in [1.807, 2.05) is 43.3 Å². The quantitative estimate of drug-likeness (QED) is 0.771. The van der Waals surface area contributed by atoms with Gasteiger partial charge in [-0.3, -0.25) is 4.99 Å². The molecule has 2 aromatic rings. The van der Waals surface area contributed by atoms with E-state index in [-0.39, 0.29) is 22.9 Å². The van der Waals surface area contributed by atoms with E-state index in [1.165, 1.54) is 0 Å². The maximum absolute atomic E-state index is 11.7. The summed E-state index contributed by atoms with van der Waals surface area (Å²) in [5.41, 5.74) is 1.28. The molecule has 3 rings (SSSR count). The van der Waals surface area contributed by atoms with Crippen molar-refractivity contribution in [1.82, 2.24) is 4.90 Å². The van der Waals surface area contributed by atoms with E-state index in [0.29, 0.717) is 5.75 Å². The highest BCUT2D eigenvalue weighted by atomic mass is 79.9. The fraction of sp³-hybridized carbons (Fsp3) is 0.350. The molecule has 1 heterocycles. The molecular weight excluding hydrogens is 396 g/mol. The minimum absolute atomic E-state index is 0. The van der Waals surface area contributed by atoms with Gasteiger partial charge in [0.25, 0.3) is 0 Å². The van der Waals surface area contributed by atoms with Crippen LogP contribution >= 0.6 is 28.7 Å². The fourth-order valence-electron chi connectivity index (χ4n) is 3.42. The van der Waals surface area contributed by atoms with Crippen molar-refractivity contribution in [3.05, 3.63) is 71.8 Å². The van der Waals surface area contributed by atoms with Crippen LogP contribution in [0, 0.1) is 0 Å². The van der Waals surface area contributed by atoms with Crippen molar-refractivity contribution in [2.45, 2.75) is 25.5 Å². The van der Waals surface area contributed by atoms with Crippen LogP contribution in [0.15, 0.2) is 65.7 Å². The molecule has 1 aliphatic heterocycles. The molecule has 5 heteroatoms. The second-order valence-corrected chi connectivity index (χ2v) is 6.87. The molecule has 1 aliphatic rings. The van der Waals surface area contributed by atoms with Crippen LogP contribution in [-0.4, -0.2) is 39.7 Å². The first-order chi connectivity index (χ1) is 11.7. The molecule has 1 N–H and O–H groups in total. The van der Waals surface area contributed by atoms with Gasteiger partial charge in [-0.2, -0.15) is 0 Å². The number of rotatable bonds is 5. The lowest BCUT2D eigenvalue weighted by Crippen LogP contribution is -2.52. The number of likely N-dealkylation sites (N-methyl/N-ethyl adjacent to an activating group) is 1. The highest BCUT2D eigenvalue weighted by molar-refractivity contribution is 8.93. The summed E-state index contributed by atoms with van der Waals surface area (Å²) in [6.07, 6.45) is 0. The van der Waals surface area contributed by atoms with Crippen molar-refractivity contribution in [2.24, 2.45) is 4.99 Å². The molecular formula is C20H25BrN2OS. The normalized spacial score (nSPS) is 21.6. The van der Waals surface area contributed by atoms with Crippen LogP contribution in [0.3, 0.4) is 0 Å². The first-order valence-electron chi connectivity index (χ1n) is 8.47. The van der Waals surface area contributed by atoms with Gasteiger partial charge in [0.2, 0.25) is 0 Å². The molecule has 0 radical (unpaired) electrons. The predicted octanol–water partition coefficient (Wildman–Crippen LogP) is 4.53. The molecule has 0 bridgehead atoms. The number of aliphatic hydroxyl groups is 1. The number of benzene rings is 2. The Morgan fingerprint density at radius 3 is 2.00 bits per heavy atom. The Hall–Kier alpha value is -1.30. The average molecular weight is 421 g/mol. The second-order valence-electron chi connectivity index (χ2n) is 5.92. The van der Waals surface area contributed by atoms with Gasteiger partial charge < -0.3 is 10.0 Å². The van der Waals surface area contributed by atoms with Crippen molar-refractivity contribution in [1.29, 1.82) is 0 Å². The molecule has 1 unspecified atom stereocenters. The van der Waals surface area contributed by atoms with E-state index in [9.17, 15) is 5.11 Å². The van der Waals surface area contributed by atoms with Crippen molar-refractivity contribution >= 4 is 33.9 Å². The van der Waals surface area contributed by atoms with E-state index in [1.54, 1.807) is 11.8 Å². The molecule has 1 saturated heterocycles. The molecule has 1 atom stereocenters.